The van der Waals surface area contributed by atoms with Crippen molar-refractivity contribution in [2.24, 2.45) is 4.99 Å². The summed E-state index contributed by atoms with van der Waals surface area (Å²) in [5.74, 6) is 0. The van der Waals surface area contributed by atoms with Crippen LogP contribution in [0.4, 0.5) is 5.69 Å². The normalized spacial score (nSPS) is 9.21. The molecule has 0 atom stereocenters. The zero-order valence-corrected chi connectivity index (χ0v) is 8.52. The first-order valence-corrected chi connectivity index (χ1v) is 4.41. The fourth-order valence-electron chi connectivity index (χ4n) is 0.895. The summed E-state index contributed by atoms with van der Waals surface area (Å²) in [6, 6.07) is 4.28. The summed E-state index contributed by atoms with van der Waals surface area (Å²) < 4.78 is 0.561. The van der Waals surface area contributed by atoms with Gasteiger partial charge in [0.15, 0.2) is 0 Å². The highest BCUT2D eigenvalue weighted by molar-refractivity contribution is 9.10. The minimum absolute atomic E-state index is 0.00397. The van der Waals surface area contributed by atoms with Gasteiger partial charge in [-0.25, -0.2) is 9.79 Å². The summed E-state index contributed by atoms with van der Waals surface area (Å²) in [4.78, 5) is 23.1. The predicted octanol–water partition coefficient (Wildman–Crippen LogP) is 2.19. The molecule has 0 aliphatic heterocycles. The zero-order chi connectivity index (χ0) is 10.6. The van der Waals surface area contributed by atoms with Gasteiger partial charge in [0.2, 0.25) is 6.08 Å². The number of halogens is 1. The number of hydrogen-bond donors (Lipinski definition) is 0. The molecule has 0 aliphatic carbocycles. The van der Waals surface area contributed by atoms with Crippen LogP contribution in [-0.4, -0.2) is 11.0 Å². The molecule has 0 bridgehead atoms. The number of nitro benzene ring substituents is 1. The molecule has 1 aromatic carbocycles. The molecular formula is C8H5BrN2O3. The average molecular weight is 257 g/mol. The van der Waals surface area contributed by atoms with E-state index in [-0.39, 0.29) is 12.2 Å². The number of hydrogen-bond acceptors (Lipinski definition) is 4. The molecule has 6 heteroatoms. The van der Waals surface area contributed by atoms with Gasteiger partial charge in [-0.3, -0.25) is 10.1 Å². The summed E-state index contributed by atoms with van der Waals surface area (Å²) in [6.45, 7) is 0.169. The van der Waals surface area contributed by atoms with E-state index in [4.69, 9.17) is 0 Å². The maximum atomic E-state index is 10.4. The third-order valence-corrected chi connectivity index (χ3v) is 2.30. The van der Waals surface area contributed by atoms with E-state index in [1.165, 1.54) is 18.2 Å². The molecule has 0 unspecified atom stereocenters. The van der Waals surface area contributed by atoms with Crippen LogP contribution in [0.2, 0.25) is 0 Å². The molecular weight excluding hydrogens is 252 g/mol. The fraction of sp³-hybridized carbons (Fsp3) is 0.125. The van der Waals surface area contributed by atoms with Crippen LogP contribution in [0.3, 0.4) is 0 Å². The SMILES string of the molecule is O=C=NCc1ccc([N+](=O)[O-])cc1Br. The molecule has 0 amide bonds. The third-order valence-electron chi connectivity index (χ3n) is 1.56. The number of nitro groups is 1. The van der Waals surface area contributed by atoms with Crippen molar-refractivity contribution in [3.8, 4) is 0 Å². The van der Waals surface area contributed by atoms with Crippen molar-refractivity contribution in [3.05, 3.63) is 38.3 Å². The fourth-order valence-corrected chi connectivity index (χ4v) is 1.39. The van der Waals surface area contributed by atoms with E-state index in [1.54, 1.807) is 6.07 Å². The Labute approximate surface area is 87.7 Å². The Bertz CT molecular complexity index is 413. The Morgan fingerprint density at radius 1 is 1.57 bits per heavy atom. The van der Waals surface area contributed by atoms with Crippen LogP contribution in [0, 0.1) is 10.1 Å². The minimum Gasteiger partial charge on any atom is -0.258 e. The topological polar surface area (TPSA) is 72.6 Å². The zero-order valence-electron chi connectivity index (χ0n) is 6.94. The monoisotopic (exact) mass is 256 g/mol. The van der Waals surface area contributed by atoms with E-state index in [9.17, 15) is 14.9 Å². The molecule has 72 valence electrons. The molecule has 0 saturated carbocycles. The minimum atomic E-state index is -0.489. The number of rotatable bonds is 3. The molecule has 0 radical (unpaired) electrons. The lowest BCUT2D eigenvalue weighted by Gasteiger charge is -1.98. The van der Waals surface area contributed by atoms with E-state index in [0.29, 0.717) is 10.0 Å². The molecule has 0 aromatic heterocycles. The summed E-state index contributed by atoms with van der Waals surface area (Å²) in [7, 11) is 0. The van der Waals surface area contributed by atoms with Gasteiger partial charge in [-0.1, -0.05) is 15.9 Å². The van der Waals surface area contributed by atoms with Crippen LogP contribution in [-0.2, 0) is 11.3 Å². The first-order valence-electron chi connectivity index (χ1n) is 3.61. The molecule has 0 heterocycles. The Balaban J connectivity index is 3.00. The van der Waals surface area contributed by atoms with Gasteiger partial charge < -0.3 is 0 Å². The molecule has 1 aromatic rings. The largest absolute Gasteiger partial charge is 0.270 e. The second-order valence-electron chi connectivity index (χ2n) is 2.44. The number of non-ortho nitro benzene ring substituents is 1. The summed E-state index contributed by atoms with van der Waals surface area (Å²) in [6.07, 6.45) is 1.40. The molecule has 0 saturated heterocycles. The predicted molar refractivity (Wildman–Crippen MR) is 52.6 cm³/mol. The van der Waals surface area contributed by atoms with Gasteiger partial charge in [0.1, 0.15) is 0 Å². The lowest BCUT2D eigenvalue weighted by molar-refractivity contribution is -0.384. The number of isocyanates is 1. The van der Waals surface area contributed by atoms with Crippen LogP contribution in [0.1, 0.15) is 5.56 Å². The number of aliphatic imine (C=N–C) groups is 1. The van der Waals surface area contributed by atoms with Crippen molar-refractivity contribution in [3.63, 3.8) is 0 Å². The Morgan fingerprint density at radius 3 is 2.79 bits per heavy atom. The van der Waals surface area contributed by atoms with Gasteiger partial charge in [0.25, 0.3) is 5.69 Å². The van der Waals surface area contributed by atoms with Gasteiger partial charge in [-0.15, -0.1) is 0 Å². The summed E-state index contributed by atoms with van der Waals surface area (Å²) >= 11 is 3.15. The van der Waals surface area contributed by atoms with Gasteiger partial charge >= 0.3 is 0 Å². The Hall–Kier alpha value is -1.52. The first kappa shape index (κ1) is 10.6. The van der Waals surface area contributed by atoms with Crippen LogP contribution < -0.4 is 0 Å². The highest BCUT2D eigenvalue weighted by atomic mass is 79.9. The van der Waals surface area contributed by atoms with E-state index >= 15 is 0 Å². The van der Waals surface area contributed by atoms with E-state index in [0.717, 1.165) is 0 Å². The smallest absolute Gasteiger partial charge is 0.258 e. The molecule has 0 N–H and O–H groups in total. The van der Waals surface area contributed by atoms with Gasteiger partial charge in [-0.05, 0) is 11.6 Å². The Kier molecular flexibility index (Phi) is 3.50. The maximum Gasteiger partial charge on any atom is 0.270 e. The number of benzene rings is 1. The van der Waals surface area contributed by atoms with E-state index in [1.807, 2.05) is 0 Å². The average Bonchev–Trinajstić information content (AvgIpc) is 2.15. The highest BCUT2D eigenvalue weighted by Gasteiger charge is 2.08. The molecule has 14 heavy (non-hydrogen) atoms. The van der Waals surface area contributed by atoms with Crippen molar-refractivity contribution < 1.29 is 9.72 Å². The van der Waals surface area contributed by atoms with Crippen molar-refractivity contribution in [2.75, 3.05) is 0 Å². The molecule has 5 nitrogen and oxygen atoms in total. The third kappa shape index (κ3) is 2.48. The highest BCUT2D eigenvalue weighted by Crippen LogP contribution is 2.23. The van der Waals surface area contributed by atoms with Crippen LogP contribution in [0.15, 0.2) is 27.7 Å². The van der Waals surface area contributed by atoms with Crippen LogP contribution in [0.25, 0.3) is 0 Å². The van der Waals surface area contributed by atoms with Crippen molar-refractivity contribution in [2.45, 2.75) is 6.54 Å². The molecule has 0 aliphatic rings. The van der Waals surface area contributed by atoms with Crippen molar-refractivity contribution in [1.29, 1.82) is 0 Å². The molecule has 0 spiro atoms. The first-order chi connectivity index (χ1) is 6.65. The van der Waals surface area contributed by atoms with Crippen LogP contribution >= 0.6 is 15.9 Å². The lowest BCUT2D eigenvalue weighted by Crippen LogP contribution is -1.90. The van der Waals surface area contributed by atoms with Gasteiger partial charge in [0, 0.05) is 16.6 Å². The molecule has 1 rings (SSSR count). The number of carbonyl (C=O) groups excluding carboxylic acids is 1. The second kappa shape index (κ2) is 4.64. The van der Waals surface area contributed by atoms with Gasteiger partial charge in [0.05, 0.1) is 11.5 Å². The summed E-state index contributed by atoms with van der Waals surface area (Å²) in [5.41, 5.74) is 0.703. The van der Waals surface area contributed by atoms with Crippen molar-refractivity contribution >= 4 is 27.7 Å². The Morgan fingerprint density at radius 2 is 2.29 bits per heavy atom. The maximum absolute atomic E-state index is 10.4. The van der Waals surface area contributed by atoms with Crippen molar-refractivity contribution in [1.82, 2.24) is 0 Å². The van der Waals surface area contributed by atoms with E-state index < -0.39 is 4.92 Å². The molecule has 0 fully saturated rings. The standard InChI is InChI=1S/C8H5BrN2O3/c9-8-3-7(11(13)14)2-1-6(8)4-10-5-12/h1-3H,4H2. The van der Waals surface area contributed by atoms with Gasteiger partial charge in [-0.2, -0.15) is 0 Å². The lowest BCUT2D eigenvalue weighted by atomic mass is 10.2. The van der Waals surface area contributed by atoms with Crippen LogP contribution in [0.5, 0.6) is 0 Å². The quantitative estimate of drug-likeness (QED) is 0.360. The number of nitrogens with zero attached hydrogens (tertiary/aromatic N) is 2. The summed E-state index contributed by atoms with van der Waals surface area (Å²) in [5, 5.41) is 10.4. The van der Waals surface area contributed by atoms with E-state index in [2.05, 4.69) is 20.9 Å². The second-order valence-corrected chi connectivity index (χ2v) is 3.29.